The normalized spacial score (nSPS) is 48.4. The first-order valence-electron chi connectivity index (χ1n) is 6.94. The van der Waals surface area contributed by atoms with E-state index in [4.69, 9.17) is 5.73 Å². The van der Waals surface area contributed by atoms with Gasteiger partial charge < -0.3 is 5.73 Å². The van der Waals surface area contributed by atoms with Gasteiger partial charge in [0.25, 0.3) is 0 Å². The molecule has 86 valence electrons. The molecule has 0 aromatic rings. The summed E-state index contributed by atoms with van der Waals surface area (Å²) >= 11 is 0. The summed E-state index contributed by atoms with van der Waals surface area (Å²) in [5.74, 6) is 6.10. The van der Waals surface area contributed by atoms with Crippen molar-refractivity contribution in [1.82, 2.24) is 0 Å². The Hall–Kier alpha value is -0.0400. The molecule has 2 bridgehead atoms. The van der Waals surface area contributed by atoms with Gasteiger partial charge in [0.15, 0.2) is 0 Å². The molecule has 1 nitrogen and oxygen atoms in total. The van der Waals surface area contributed by atoms with E-state index < -0.39 is 0 Å². The molecule has 5 atom stereocenters. The first-order valence-corrected chi connectivity index (χ1v) is 6.94. The van der Waals surface area contributed by atoms with E-state index >= 15 is 0 Å². The Bertz CT molecular complexity index is 232. The molecular weight excluding hydrogens is 182 g/mol. The van der Waals surface area contributed by atoms with Crippen LogP contribution >= 0.6 is 0 Å². The fraction of sp³-hybridized carbons (Fsp3) is 1.00. The van der Waals surface area contributed by atoms with Gasteiger partial charge in [-0.3, -0.25) is 0 Å². The van der Waals surface area contributed by atoms with E-state index in [1.54, 1.807) is 6.42 Å². The van der Waals surface area contributed by atoms with Gasteiger partial charge in [0.1, 0.15) is 0 Å². The molecule has 1 heteroatoms. The lowest BCUT2D eigenvalue weighted by Crippen LogP contribution is -2.26. The zero-order valence-corrected chi connectivity index (χ0v) is 10.2. The highest BCUT2D eigenvalue weighted by Crippen LogP contribution is 2.70. The van der Waals surface area contributed by atoms with E-state index in [0.29, 0.717) is 6.04 Å². The van der Waals surface area contributed by atoms with Crippen LogP contribution in [0.15, 0.2) is 0 Å². The van der Waals surface area contributed by atoms with E-state index in [1.807, 2.05) is 0 Å². The van der Waals surface area contributed by atoms with Crippen molar-refractivity contribution in [3.8, 4) is 0 Å². The van der Waals surface area contributed by atoms with Crippen LogP contribution in [0.2, 0.25) is 0 Å². The number of hydrogen-bond acceptors (Lipinski definition) is 1. The van der Waals surface area contributed by atoms with Gasteiger partial charge in [-0.15, -0.1) is 0 Å². The van der Waals surface area contributed by atoms with Crippen LogP contribution in [0.25, 0.3) is 0 Å². The van der Waals surface area contributed by atoms with Crippen molar-refractivity contribution in [2.75, 3.05) is 0 Å². The SMILES string of the molecule is CC(C)CCC(N)C1C2C3CCC(C3)C12. The molecule has 0 spiro atoms. The summed E-state index contributed by atoms with van der Waals surface area (Å²) in [4.78, 5) is 0. The van der Waals surface area contributed by atoms with Crippen molar-refractivity contribution in [3.63, 3.8) is 0 Å². The summed E-state index contributed by atoms with van der Waals surface area (Å²) in [5, 5.41) is 0. The maximum Gasteiger partial charge on any atom is 0.00729 e. The van der Waals surface area contributed by atoms with Crippen molar-refractivity contribution in [2.24, 2.45) is 41.2 Å². The van der Waals surface area contributed by atoms with Gasteiger partial charge in [-0.05, 0) is 67.6 Å². The Kier molecular flexibility index (Phi) is 2.35. The molecule has 0 heterocycles. The summed E-state index contributed by atoms with van der Waals surface area (Å²) in [6.45, 7) is 4.62. The lowest BCUT2D eigenvalue weighted by atomic mass is 9.93. The number of nitrogens with two attached hydrogens (primary N) is 1. The zero-order valence-electron chi connectivity index (χ0n) is 10.2. The number of fused-ring (bicyclic) bond motifs is 5. The lowest BCUT2D eigenvalue weighted by molar-refractivity contribution is 0.379. The van der Waals surface area contributed by atoms with Crippen LogP contribution < -0.4 is 5.73 Å². The van der Waals surface area contributed by atoms with Crippen LogP contribution in [0.5, 0.6) is 0 Å². The summed E-state index contributed by atoms with van der Waals surface area (Å²) in [6.07, 6.45) is 7.21. The molecule has 3 rings (SSSR count). The van der Waals surface area contributed by atoms with Crippen molar-refractivity contribution < 1.29 is 0 Å². The van der Waals surface area contributed by atoms with Gasteiger partial charge in [0, 0.05) is 6.04 Å². The lowest BCUT2D eigenvalue weighted by Gasteiger charge is -2.16. The maximum atomic E-state index is 6.37. The van der Waals surface area contributed by atoms with Gasteiger partial charge in [0.2, 0.25) is 0 Å². The van der Waals surface area contributed by atoms with Gasteiger partial charge in [-0.1, -0.05) is 13.8 Å². The molecular formula is C14H25N. The van der Waals surface area contributed by atoms with Gasteiger partial charge in [-0.25, -0.2) is 0 Å². The van der Waals surface area contributed by atoms with Crippen LogP contribution in [0.4, 0.5) is 0 Å². The third kappa shape index (κ3) is 1.54. The van der Waals surface area contributed by atoms with Crippen molar-refractivity contribution in [2.45, 2.75) is 52.0 Å². The Morgan fingerprint density at radius 3 is 2.20 bits per heavy atom. The number of rotatable bonds is 4. The molecule has 0 aliphatic heterocycles. The third-order valence-electron chi connectivity index (χ3n) is 5.37. The van der Waals surface area contributed by atoms with Gasteiger partial charge >= 0.3 is 0 Å². The fourth-order valence-electron chi connectivity index (χ4n) is 4.68. The minimum absolute atomic E-state index is 0.533. The molecule has 15 heavy (non-hydrogen) atoms. The monoisotopic (exact) mass is 207 g/mol. The molecule has 2 N–H and O–H groups in total. The van der Waals surface area contributed by atoms with Crippen LogP contribution in [0.1, 0.15) is 46.0 Å². The largest absolute Gasteiger partial charge is 0.327 e. The van der Waals surface area contributed by atoms with E-state index in [2.05, 4.69) is 13.8 Å². The third-order valence-corrected chi connectivity index (χ3v) is 5.37. The zero-order chi connectivity index (χ0) is 10.6. The summed E-state index contributed by atoms with van der Waals surface area (Å²) < 4.78 is 0. The minimum Gasteiger partial charge on any atom is -0.327 e. The Morgan fingerprint density at radius 2 is 1.67 bits per heavy atom. The van der Waals surface area contributed by atoms with E-state index in [9.17, 15) is 0 Å². The second-order valence-electron chi connectivity index (χ2n) is 6.70. The van der Waals surface area contributed by atoms with Crippen molar-refractivity contribution >= 4 is 0 Å². The van der Waals surface area contributed by atoms with E-state index in [0.717, 1.165) is 35.5 Å². The molecule has 0 aromatic carbocycles. The molecule has 3 aliphatic carbocycles. The summed E-state index contributed by atoms with van der Waals surface area (Å²) in [5.41, 5.74) is 6.37. The van der Waals surface area contributed by atoms with Gasteiger partial charge in [-0.2, -0.15) is 0 Å². The van der Waals surface area contributed by atoms with Crippen molar-refractivity contribution in [3.05, 3.63) is 0 Å². The van der Waals surface area contributed by atoms with E-state index in [-0.39, 0.29) is 0 Å². The molecule has 3 saturated carbocycles. The highest BCUT2D eigenvalue weighted by atomic mass is 14.8. The fourth-order valence-corrected chi connectivity index (χ4v) is 4.68. The molecule has 0 amide bonds. The summed E-state index contributed by atoms with van der Waals surface area (Å²) in [7, 11) is 0. The topological polar surface area (TPSA) is 26.0 Å². The second-order valence-corrected chi connectivity index (χ2v) is 6.70. The first kappa shape index (κ1) is 10.1. The standard InChI is InChI=1S/C14H25N/c1-8(2)3-6-11(15)14-12-9-4-5-10(7-9)13(12)14/h8-14H,3-7,15H2,1-2H3. The first-order chi connectivity index (χ1) is 7.18. The molecule has 0 saturated heterocycles. The highest BCUT2D eigenvalue weighted by Gasteiger charge is 2.65. The molecule has 0 radical (unpaired) electrons. The van der Waals surface area contributed by atoms with Crippen LogP contribution in [-0.4, -0.2) is 6.04 Å². The molecule has 0 aromatic heterocycles. The Morgan fingerprint density at radius 1 is 1.07 bits per heavy atom. The van der Waals surface area contributed by atoms with E-state index in [1.165, 1.54) is 25.7 Å². The molecule has 3 aliphatic rings. The Balaban J connectivity index is 1.54. The maximum absolute atomic E-state index is 6.37. The van der Waals surface area contributed by atoms with Crippen LogP contribution in [0.3, 0.4) is 0 Å². The predicted octanol–water partition coefficient (Wildman–Crippen LogP) is 3.04. The average molecular weight is 207 g/mol. The predicted molar refractivity (Wildman–Crippen MR) is 63.3 cm³/mol. The van der Waals surface area contributed by atoms with Crippen molar-refractivity contribution in [1.29, 1.82) is 0 Å². The quantitative estimate of drug-likeness (QED) is 0.753. The Labute approximate surface area is 93.8 Å². The second kappa shape index (κ2) is 3.48. The summed E-state index contributed by atoms with van der Waals surface area (Å²) in [6, 6.07) is 0.533. The van der Waals surface area contributed by atoms with Crippen LogP contribution in [0, 0.1) is 35.5 Å². The molecule has 3 fully saturated rings. The highest BCUT2D eigenvalue weighted by molar-refractivity contribution is 5.15. The minimum atomic E-state index is 0.533. The van der Waals surface area contributed by atoms with Crippen LogP contribution in [-0.2, 0) is 0 Å². The van der Waals surface area contributed by atoms with Gasteiger partial charge in [0.05, 0.1) is 0 Å². The smallest absolute Gasteiger partial charge is 0.00729 e. The molecule has 5 unspecified atom stereocenters. The average Bonchev–Trinajstić information content (AvgIpc) is 2.64. The number of hydrogen-bond donors (Lipinski definition) is 1.